The zero-order valence-corrected chi connectivity index (χ0v) is 17.5. The molecular weight excluding hydrogens is 414 g/mol. The molecule has 0 saturated heterocycles. The van der Waals surface area contributed by atoms with Gasteiger partial charge in [0, 0.05) is 23.2 Å². The number of rotatable bonds is 3. The van der Waals surface area contributed by atoms with Gasteiger partial charge in [-0.2, -0.15) is 0 Å². The first kappa shape index (κ1) is 19.4. The van der Waals surface area contributed by atoms with Crippen molar-refractivity contribution < 1.29 is 5.11 Å². The van der Waals surface area contributed by atoms with Crippen molar-refractivity contribution in [3.05, 3.63) is 75.9 Å². The molecular formula is C23H18ClN5O2. The summed E-state index contributed by atoms with van der Waals surface area (Å²) in [4.78, 5) is 32.0. The van der Waals surface area contributed by atoms with E-state index in [0.29, 0.717) is 38.8 Å². The minimum absolute atomic E-state index is 0.270. The molecule has 0 unspecified atom stereocenters. The Balaban J connectivity index is 1.73. The highest BCUT2D eigenvalue weighted by molar-refractivity contribution is 6.29. The summed E-state index contributed by atoms with van der Waals surface area (Å²) in [6.07, 6.45) is 3.23. The SMILES string of the molecule is CC(C)(O)c1cccc(-c2nccc3[nH]c(=O)c(-c4nc5cc(Cl)ncc5[nH]4)cc23)c1. The first-order valence-electron chi connectivity index (χ1n) is 9.66. The molecule has 0 aliphatic heterocycles. The number of fused-ring (bicyclic) bond motifs is 2. The predicted octanol–water partition coefficient (Wildman–Crippen LogP) is 4.41. The number of aliphatic hydroxyl groups is 1. The second-order valence-corrected chi connectivity index (χ2v) is 8.27. The van der Waals surface area contributed by atoms with Crippen LogP contribution in [0.2, 0.25) is 5.15 Å². The fraction of sp³-hybridized carbons (Fsp3) is 0.130. The zero-order valence-electron chi connectivity index (χ0n) is 16.8. The van der Waals surface area contributed by atoms with Crippen molar-refractivity contribution in [2.45, 2.75) is 19.4 Å². The van der Waals surface area contributed by atoms with Crippen molar-refractivity contribution in [2.75, 3.05) is 0 Å². The monoisotopic (exact) mass is 431 g/mol. The number of pyridine rings is 3. The maximum absolute atomic E-state index is 12.8. The van der Waals surface area contributed by atoms with Gasteiger partial charge in [-0.15, -0.1) is 0 Å². The normalized spacial score (nSPS) is 12.0. The highest BCUT2D eigenvalue weighted by Crippen LogP contribution is 2.30. The minimum atomic E-state index is -0.982. The number of aromatic amines is 2. The Bertz CT molecular complexity index is 1510. The summed E-state index contributed by atoms with van der Waals surface area (Å²) in [5.74, 6) is 0.419. The third kappa shape index (κ3) is 3.48. The van der Waals surface area contributed by atoms with Gasteiger partial charge in [-0.1, -0.05) is 29.8 Å². The van der Waals surface area contributed by atoms with E-state index < -0.39 is 5.60 Å². The Morgan fingerprint density at radius 3 is 2.68 bits per heavy atom. The Kier molecular flexibility index (Phi) is 4.39. The van der Waals surface area contributed by atoms with Crippen LogP contribution in [0.3, 0.4) is 0 Å². The molecule has 0 spiro atoms. The van der Waals surface area contributed by atoms with Crippen LogP contribution in [0.4, 0.5) is 0 Å². The molecule has 0 bridgehead atoms. The minimum Gasteiger partial charge on any atom is -0.386 e. The summed E-state index contributed by atoms with van der Waals surface area (Å²) in [6.45, 7) is 3.47. The molecule has 5 aromatic rings. The van der Waals surface area contributed by atoms with E-state index in [9.17, 15) is 9.90 Å². The van der Waals surface area contributed by atoms with Crippen LogP contribution in [0.5, 0.6) is 0 Å². The lowest BCUT2D eigenvalue weighted by Gasteiger charge is -2.18. The first-order valence-corrected chi connectivity index (χ1v) is 10.0. The predicted molar refractivity (Wildman–Crippen MR) is 121 cm³/mol. The van der Waals surface area contributed by atoms with Gasteiger partial charge in [-0.3, -0.25) is 9.78 Å². The van der Waals surface area contributed by atoms with Crippen LogP contribution in [0.15, 0.2) is 59.7 Å². The molecule has 0 fully saturated rings. The fourth-order valence-electron chi connectivity index (χ4n) is 3.59. The molecule has 5 rings (SSSR count). The van der Waals surface area contributed by atoms with Crippen molar-refractivity contribution >= 4 is 33.5 Å². The van der Waals surface area contributed by atoms with E-state index in [0.717, 1.165) is 16.5 Å². The van der Waals surface area contributed by atoms with E-state index >= 15 is 0 Å². The molecule has 4 heterocycles. The lowest BCUT2D eigenvalue weighted by Crippen LogP contribution is -2.15. The van der Waals surface area contributed by atoms with E-state index in [2.05, 4.69) is 24.9 Å². The third-order valence-electron chi connectivity index (χ3n) is 5.20. The van der Waals surface area contributed by atoms with Crippen LogP contribution in [-0.2, 0) is 5.60 Å². The number of hydrogen-bond donors (Lipinski definition) is 3. The van der Waals surface area contributed by atoms with Gasteiger partial charge in [-0.05, 0) is 37.6 Å². The van der Waals surface area contributed by atoms with Crippen molar-refractivity contribution in [1.29, 1.82) is 0 Å². The van der Waals surface area contributed by atoms with E-state index in [4.69, 9.17) is 11.6 Å². The average Bonchev–Trinajstić information content (AvgIpc) is 3.15. The van der Waals surface area contributed by atoms with Gasteiger partial charge in [0.2, 0.25) is 0 Å². The lowest BCUT2D eigenvalue weighted by molar-refractivity contribution is 0.0786. The molecule has 0 atom stereocenters. The third-order valence-corrected chi connectivity index (χ3v) is 5.41. The molecule has 3 N–H and O–H groups in total. The smallest absolute Gasteiger partial charge is 0.259 e. The highest BCUT2D eigenvalue weighted by Gasteiger charge is 2.18. The summed E-state index contributed by atoms with van der Waals surface area (Å²) in [6, 6.07) is 12.8. The largest absolute Gasteiger partial charge is 0.386 e. The Morgan fingerprint density at radius 1 is 1.03 bits per heavy atom. The van der Waals surface area contributed by atoms with Gasteiger partial charge >= 0.3 is 0 Å². The molecule has 0 saturated carbocycles. The second-order valence-electron chi connectivity index (χ2n) is 7.88. The number of halogens is 1. The Morgan fingerprint density at radius 2 is 1.87 bits per heavy atom. The summed E-state index contributed by atoms with van der Waals surface area (Å²) in [5.41, 5.74) is 3.40. The fourth-order valence-corrected chi connectivity index (χ4v) is 3.75. The van der Waals surface area contributed by atoms with Crippen LogP contribution in [-0.4, -0.2) is 30.0 Å². The molecule has 4 aromatic heterocycles. The van der Waals surface area contributed by atoms with E-state index in [1.54, 1.807) is 44.4 Å². The summed E-state index contributed by atoms with van der Waals surface area (Å²) >= 11 is 5.96. The topological polar surface area (TPSA) is 108 Å². The summed E-state index contributed by atoms with van der Waals surface area (Å²) < 4.78 is 0. The second kappa shape index (κ2) is 7.01. The number of hydrogen-bond acceptors (Lipinski definition) is 5. The number of aromatic nitrogens is 5. The molecule has 31 heavy (non-hydrogen) atoms. The van der Waals surface area contributed by atoms with Crippen LogP contribution >= 0.6 is 11.6 Å². The quantitative estimate of drug-likeness (QED) is 0.367. The maximum atomic E-state index is 12.8. The molecule has 0 aliphatic carbocycles. The van der Waals surface area contributed by atoms with Crippen molar-refractivity contribution in [3.63, 3.8) is 0 Å². The molecule has 8 heteroatoms. The van der Waals surface area contributed by atoms with Crippen LogP contribution in [0.25, 0.3) is 44.6 Å². The van der Waals surface area contributed by atoms with E-state index in [-0.39, 0.29) is 5.56 Å². The number of benzene rings is 1. The van der Waals surface area contributed by atoms with Gasteiger partial charge in [0.1, 0.15) is 11.0 Å². The van der Waals surface area contributed by atoms with Gasteiger partial charge in [0.05, 0.1) is 39.6 Å². The summed E-state index contributed by atoms with van der Waals surface area (Å²) in [7, 11) is 0. The van der Waals surface area contributed by atoms with Gasteiger partial charge in [0.25, 0.3) is 5.56 Å². The number of nitrogens with zero attached hydrogens (tertiary/aromatic N) is 3. The number of imidazole rings is 1. The standard InChI is InChI=1S/C23H18ClN5O2/c1-23(2,31)13-5-3-4-12(8-13)20-14-9-15(22(30)29-16(14)6-7-25-20)21-27-17-10-19(24)26-11-18(17)28-21/h3-11,31H,1-2H3,(H,27,28)(H,29,30). The number of H-pyrrole nitrogens is 2. The van der Waals surface area contributed by atoms with Gasteiger partial charge in [0.15, 0.2) is 0 Å². The molecule has 0 aliphatic rings. The molecule has 0 amide bonds. The summed E-state index contributed by atoms with van der Waals surface area (Å²) in [5, 5.41) is 11.5. The van der Waals surface area contributed by atoms with E-state index in [1.165, 1.54) is 0 Å². The Hall–Kier alpha value is -3.55. The van der Waals surface area contributed by atoms with Crippen LogP contribution in [0, 0.1) is 0 Å². The zero-order chi connectivity index (χ0) is 21.8. The molecule has 154 valence electrons. The van der Waals surface area contributed by atoms with Crippen molar-refractivity contribution in [1.82, 2.24) is 24.9 Å². The van der Waals surface area contributed by atoms with Crippen LogP contribution < -0.4 is 5.56 Å². The van der Waals surface area contributed by atoms with Crippen LogP contribution in [0.1, 0.15) is 19.4 Å². The lowest BCUT2D eigenvalue weighted by atomic mass is 9.95. The van der Waals surface area contributed by atoms with E-state index in [1.807, 2.05) is 24.3 Å². The first-order chi connectivity index (χ1) is 14.8. The van der Waals surface area contributed by atoms with Gasteiger partial charge < -0.3 is 15.1 Å². The number of nitrogens with one attached hydrogen (secondary N) is 2. The average molecular weight is 432 g/mol. The molecule has 0 radical (unpaired) electrons. The Labute approximate surface area is 181 Å². The van der Waals surface area contributed by atoms with Crippen molar-refractivity contribution in [2.24, 2.45) is 0 Å². The van der Waals surface area contributed by atoms with Crippen molar-refractivity contribution in [3.8, 4) is 22.6 Å². The molecule has 7 nitrogen and oxygen atoms in total. The molecule has 1 aromatic carbocycles. The highest BCUT2D eigenvalue weighted by atomic mass is 35.5. The van der Waals surface area contributed by atoms with Gasteiger partial charge in [-0.25, -0.2) is 9.97 Å². The maximum Gasteiger partial charge on any atom is 0.259 e.